The van der Waals surface area contributed by atoms with E-state index in [2.05, 4.69) is 16.4 Å². The van der Waals surface area contributed by atoms with Crippen LogP contribution in [-0.4, -0.2) is 19.4 Å². The third kappa shape index (κ3) is 2.38. The van der Waals surface area contributed by atoms with Gasteiger partial charge in [0.15, 0.2) is 5.65 Å². The molecular weight excluding hydrogens is 350 g/mol. The van der Waals surface area contributed by atoms with Gasteiger partial charge in [0.2, 0.25) is 0 Å². The van der Waals surface area contributed by atoms with E-state index in [0.29, 0.717) is 27.5 Å². The van der Waals surface area contributed by atoms with E-state index in [4.69, 9.17) is 11.6 Å². The van der Waals surface area contributed by atoms with Crippen LogP contribution in [0.3, 0.4) is 0 Å². The van der Waals surface area contributed by atoms with Gasteiger partial charge in [-0.1, -0.05) is 53.2 Å². The minimum Gasteiger partial charge on any atom is -0.245 e. The first-order chi connectivity index (χ1) is 12.6. The fourth-order valence-corrected chi connectivity index (χ4v) is 3.24. The Labute approximate surface area is 153 Å². The molecule has 0 aliphatic carbocycles. The lowest BCUT2D eigenvalue weighted by atomic mass is 10.0. The van der Waals surface area contributed by atoms with Gasteiger partial charge in [0.05, 0.1) is 5.69 Å². The van der Waals surface area contributed by atoms with Gasteiger partial charge in [0, 0.05) is 16.3 Å². The largest absolute Gasteiger partial charge is 0.356 e. The maximum atomic E-state index is 13.0. The highest BCUT2D eigenvalue weighted by Crippen LogP contribution is 2.30. The standard InChI is InChI=1S/C19H12ClN5O/c1-12-17(13-6-3-2-4-7-13)16(11-21)18-22-23-25(19(26)24(12)18)15-9-5-8-14(20)10-15/h2-10H,1H3. The molecule has 0 radical (unpaired) electrons. The minimum absolute atomic E-state index is 0.243. The van der Waals surface area contributed by atoms with Crippen molar-refractivity contribution < 1.29 is 0 Å². The van der Waals surface area contributed by atoms with Crippen molar-refractivity contribution in [3.05, 3.63) is 81.4 Å². The molecule has 0 aliphatic heterocycles. The predicted octanol–water partition coefficient (Wildman–Crippen LogP) is 3.38. The average molecular weight is 362 g/mol. The predicted molar refractivity (Wildman–Crippen MR) is 98.5 cm³/mol. The second-order valence-corrected chi connectivity index (χ2v) is 6.17. The molecule has 7 heteroatoms. The molecule has 0 saturated carbocycles. The van der Waals surface area contributed by atoms with Crippen LogP contribution in [-0.2, 0) is 0 Å². The molecule has 0 spiro atoms. The molecule has 2 aromatic heterocycles. The highest BCUT2D eigenvalue weighted by Gasteiger charge is 2.21. The molecule has 0 saturated heterocycles. The number of fused-ring (bicyclic) bond motifs is 1. The van der Waals surface area contributed by atoms with E-state index < -0.39 is 5.69 Å². The molecule has 2 heterocycles. The maximum Gasteiger partial charge on any atom is 0.356 e. The molecule has 4 aromatic rings. The molecule has 0 N–H and O–H groups in total. The zero-order valence-electron chi connectivity index (χ0n) is 13.7. The Morgan fingerprint density at radius 3 is 2.58 bits per heavy atom. The third-order valence-corrected chi connectivity index (χ3v) is 4.45. The third-order valence-electron chi connectivity index (χ3n) is 4.21. The van der Waals surface area contributed by atoms with Crippen molar-refractivity contribution in [3.8, 4) is 22.9 Å². The van der Waals surface area contributed by atoms with Gasteiger partial charge in [0.1, 0.15) is 11.6 Å². The number of halogens is 1. The van der Waals surface area contributed by atoms with Crippen LogP contribution in [0, 0.1) is 18.3 Å². The van der Waals surface area contributed by atoms with E-state index >= 15 is 0 Å². The summed E-state index contributed by atoms with van der Waals surface area (Å²) in [7, 11) is 0. The van der Waals surface area contributed by atoms with Crippen molar-refractivity contribution in [2.75, 3.05) is 0 Å². The van der Waals surface area contributed by atoms with Gasteiger partial charge < -0.3 is 0 Å². The second-order valence-electron chi connectivity index (χ2n) is 5.74. The molecule has 0 fully saturated rings. The van der Waals surface area contributed by atoms with Gasteiger partial charge in [-0.2, -0.15) is 9.94 Å². The van der Waals surface area contributed by atoms with Crippen LogP contribution in [0.15, 0.2) is 59.4 Å². The number of aryl methyl sites for hydroxylation is 1. The Hall–Kier alpha value is -3.43. The molecule has 0 aliphatic rings. The van der Waals surface area contributed by atoms with Crippen LogP contribution in [0.5, 0.6) is 0 Å². The SMILES string of the molecule is Cc1c(-c2ccccc2)c(C#N)c2nnn(-c3cccc(Cl)c3)c(=O)n12. The van der Waals surface area contributed by atoms with Crippen molar-refractivity contribution in [1.82, 2.24) is 19.4 Å². The molecule has 6 nitrogen and oxygen atoms in total. The molecule has 0 unspecified atom stereocenters. The van der Waals surface area contributed by atoms with Crippen LogP contribution in [0.1, 0.15) is 11.3 Å². The summed E-state index contributed by atoms with van der Waals surface area (Å²) in [6.07, 6.45) is 0. The van der Waals surface area contributed by atoms with Gasteiger partial charge in [-0.25, -0.2) is 9.20 Å². The summed E-state index contributed by atoms with van der Waals surface area (Å²) in [4.78, 5) is 13.0. The summed E-state index contributed by atoms with van der Waals surface area (Å²) >= 11 is 6.01. The van der Waals surface area contributed by atoms with Crippen LogP contribution in [0.25, 0.3) is 22.5 Å². The summed E-state index contributed by atoms with van der Waals surface area (Å²) in [5.41, 5.74) is 2.84. The smallest absolute Gasteiger partial charge is 0.245 e. The molecule has 2 aromatic carbocycles. The second kappa shape index (κ2) is 6.14. The van der Waals surface area contributed by atoms with Gasteiger partial charge in [-0.15, -0.1) is 5.10 Å². The first kappa shape index (κ1) is 16.1. The lowest BCUT2D eigenvalue weighted by Crippen LogP contribution is -2.29. The number of rotatable bonds is 2. The van der Waals surface area contributed by atoms with Crippen molar-refractivity contribution in [2.24, 2.45) is 0 Å². The molecule has 0 bridgehead atoms. The van der Waals surface area contributed by atoms with Crippen molar-refractivity contribution in [2.45, 2.75) is 6.92 Å². The highest BCUT2D eigenvalue weighted by molar-refractivity contribution is 6.30. The molecule has 0 amide bonds. The summed E-state index contributed by atoms with van der Waals surface area (Å²) in [5.74, 6) is 0. The Balaban J connectivity index is 2.07. The number of nitrogens with zero attached hydrogens (tertiary/aromatic N) is 5. The number of aromatic nitrogens is 4. The van der Waals surface area contributed by atoms with E-state index in [0.717, 1.165) is 5.56 Å². The lowest BCUT2D eigenvalue weighted by Gasteiger charge is -2.05. The monoisotopic (exact) mass is 361 g/mol. The number of hydrogen-bond acceptors (Lipinski definition) is 4. The van der Waals surface area contributed by atoms with Crippen LogP contribution >= 0.6 is 11.6 Å². The number of benzene rings is 2. The normalized spacial score (nSPS) is 10.8. The van der Waals surface area contributed by atoms with Crippen LogP contribution in [0.2, 0.25) is 5.02 Å². The zero-order valence-corrected chi connectivity index (χ0v) is 14.5. The van der Waals surface area contributed by atoms with E-state index in [1.807, 2.05) is 30.3 Å². The van der Waals surface area contributed by atoms with Crippen LogP contribution in [0.4, 0.5) is 0 Å². The Bertz CT molecular complexity index is 1230. The molecule has 0 atom stereocenters. The van der Waals surface area contributed by atoms with Crippen molar-refractivity contribution in [1.29, 1.82) is 5.26 Å². The lowest BCUT2D eigenvalue weighted by molar-refractivity contribution is 0.671. The van der Waals surface area contributed by atoms with E-state index in [9.17, 15) is 10.1 Å². The van der Waals surface area contributed by atoms with Crippen LogP contribution < -0.4 is 5.69 Å². The van der Waals surface area contributed by atoms with E-state index in [-0.39, 0.29) is 5.65 Å². The quantitative estimate of drug-likeness (QED) is 0.548. The highest BCUT2D eigenvalue weighted by atomic mass is 35.5. The first-order valence-electron chi connectivity index (χ1n) is 7.84. The zero-order chi connectivity index (χ0) is 18.3. The molecular formula is C19H12ClN5O. The summed E-state index contributed by atoms with van der Waals surface area (Å²) < 4.78 is 2.58. The van der Waals surface area contributed by atoms with Crippen molar-refractivity contribution >= 4 is 17.2 Å². The molecule has 26 heavy (non-hydrogen) atoms. The summed E-state index contributed by atoms with van der Waals surface area (Å²) in [5, 5.41) is 18.3. The summed E-state index contributed by atoms with van der Waals surface area (Å²) in [6, 6.07) is 18.4. The van der Waals surface area contributed by atoms with Gasteiger partial charge in [0.25, 0.3) is 0 Å². The van der Waals surface area contributed by atoms with Gasteiger partial charge in [-0.3, -0.25) is 0 Å². The first-order valence-corrected chi connectivity index (χ1v) is 8.22. The van der Waals surface area contributed by atoms with Crippen molar-refractivity contribution in [3.63, 3.8) is 0 Å². The number of nitriles is 1. The van der Waals surface area contributed by atoms with Gasteiger partial charge >= 0.3 is 5.69 Å². The Morgan fingerprint density at radius 1 is 1.12 bits per heavy atom. The minimum atomic E-state index is -0.409. The number of hydrogen-bond donors (Lipinski definition) is 0. The van der Waals surface area contributed by atoms with E-state index in [1.165, 1.54) is 9.08 Å². The van der Waals surface area contributed by atoms with Gasteiger partial charge in [-0.05, 0) is 30.7 Å². The Kier molecular flexibility index (Phi) is 3.79. The topological polar surface area (TPSA) is 76.0 Å². The van der Waals surface area contributed by atoms with E-state index in [1.54, 1.807) is 31.2 Å². The fourth-order valence-electron chi connectivity index (χ4n) is 3.06. The Morgan fingerprint density at radius 2 is 1.88 bits per heavy atom. The average Bonchev–Trinajstić information content (AvgIpc) is 2.95. The summed E-state index contributed by atoms with van der Waals surface area (Å²) in [6.45, 7) is 1.79. The fraction of sp³-hybridized carbons (Fsp3) is 0.0526. The molecule has 4 rings (SSSR count). The maximum absolute atomic E-state index is 13.0. The molecule has 126 valence electrons.